The molecule has 0 heterocycles. The minimum atomic E-state index is 0. The summed E-state index contributed by atoms with van der Waals surface area (Å²) in [6, 6.07) is 0. The van der Waals surface area contributed by atoms with Gasteiger partial charge in [0, 0.05) is 0 Å². The van der Waals surface area contributed by atoms with Crippen LogP contribution in [-0.4, -0.2) is 0 Å². The largest absolute Gasteiger partial charge is 4.00 e. The Hall–Kier alpha value is 2.66. The van der Waals surface area contributed by atoms with Crippen LogP contribution in [-0.2, 0) is 112 Å². The Labute approximate surface area is 110 Å². The number of rotatable bonds is 0. The molecule has 0 unspecified atom stereocenters. The van der Waals surface area contributed by atoms with Crippen molar-refractivity contribution in [2.45, 2.75) is 0 Å². The molecule has 0 aliphatic heterocycles. The molecular weight excluding hydrogens is 305 g/mol. The third kappa shape index (κ3) is 71.9. The van der Waals surface area contributed by atoms with Crippen LogP contribution in [0.2, 0.25) is 0 Å². The van der Waals surface area contributed by atoms with Crippen LogP contribution in [0.3, 0.4) is 0 Å². The van der Waals surface area contributed by atoms with Crippen LogP contribution in [0.15, 0.2) is 0 Å². The van der Waals surface area contributed by atoms with E-state index in [4.69, 9.17) is 0 Å². The molecule has 0 saturated heterocycles. The third-order valence-electron chi connectivity index (χ3n) is 0. The van der Waals surface area contributed by atoms with E-state index in [-0.39, 0.29) is 112 Å². The zero-order valence-corrected chi connectivity index (χ0v) is 10.8. The summed E-state index contributed by atoms with van der Waals surface area (Å²) in [5, 5.41) is 0. The van der Waals surface area contributed by atoms with E-state index in [1.807, 2.05) is 0 Å². The van der Waals surface area contributed by atoms with Crippen LogP contribution < -0.4 is 0 Å². The topological polar surface area (TPSA) is 142 Å². The Morgan fingerprint density at radius 3 is 0.500 bits per heavy atom. The Kier molecular flexibility index (Phi) is 1800. The molecule has 0 spiro atoms. The summed E-state index contributed by atoms with van der Waals surface area (Å²) < 4.78 is 0. The molecule has 8 heteroatoms. The molecule has 0 aliphatic rings. The molecule has 0 rings (SSSR count). The first kappa shape index (κ1) is 141. The van der Waals surface area contributed by atoms with E-state index in [9.17, 15) is 0 Å². The van der Waals surface area contributed by atoms with Crippen LogP contribution in [0.1, 0.15) is 0 Å². The summed E-state index contributed by atoms with van der Waals surface area (Å²) in [6.45, 7) is 0. The van der Waals surface area contributed by atoms with Crippen LogP contribution >= 0.6 is 0 Å². The van der Waals surface area contributed by atoms with E-state index < -0.39 is 0 Å². The Morgan fingerprint density at radius 2 is 0.500 bits per heavy atom. The van der Waals surface area contributed by atoms with Crippen LogP contribution in [0, 0.1) is 0 Å². The van der Waals surface area contributed by atoms with Gasteiger partial charge >= 0.3 is 84.8 Å². The van der Waals surface area contributed by atoms with Crippen molar-refractivity contribution in [3.8, 4) is 0 Å². The fourth-order valence-corrected chi connectivity index (χ4v) is 0. The van der Waals surface area contributed by atoms with Crippen molar-refractivity contribution < 1.29 is 112 Å². The number of hydrogen-bond acceptors (Lipinski definition) is 0. The Morgan fingerprint density at radius 1 is 0.500 bits per heavy atom. The van der Waals surface area contributed by atoms with Gasteiger partial charge in [0.2, 0.25) is 0 Å². The standard InChI is InChI=1S/5O.Sc.Y.Zr/q5*-2;2*+3;+4. The van der Waals surface area contributed by atoms with Gasteiger partial charge in [-0.1, -0.05) is 0 Å². The second kappa shape index (κ2) is 103. The first-order valence-electron chi connectivity index (χ1n) is 0. The Balaban J connectivity index is 0. The molecule has 8 heavy (non-hydrogen) atoms. The van der Waals surface area contributed by atoms with E-state index in [1.54, 1.807) is 0 Å². The van der Waals surface area contributed by atoms with E-state index in [0.29, 0.717) is 0 Å². The maximum Gasteiger partial charge on any atom is 4.00 e. The maximum absolute atomic E-state index is 0. The molecule has 0 saturated carbocycles. The molecule has 0 amide bonds. The molecule has 0 N–H and O–H groups in total. The van der Waals surface area contributed by atoms with E-state index in [2.05, 4.69) is 0 Å². The van der Waals surface area contributed by atoms with Crippen molar-refractivity contribution in [3.05, 3.63) is 0 Å². The van der Waals surface area contributed by atoms with Gasteiger partial charge in [0.1, 0.15) is 0 Å². The first-order chi connectivity index (χ1) is 0. The van der Waals surface area contributed by atoms with Crippen LogP contribution in [0.4, 0.5) is 0 Å². The molecular formula is O5ScYZr. The molecule has 0 aromatic carbocycles. The molecule has 0 aromatic rings. The van der Waals surface area contributed by atoms with Gasteiger partial charge in [-0.3, -0.25) is 0 Å². The fourth-order valence-electron chi connectivity index (χ4n) is 0. The summed E-state index contributed by atoms with van der Waals surface area (Å²) in [4.78, 5) is 0. The van der Waals surface area contributed by atoms with Gasteiger partial charge in [-0.25, -0.2) is 0 Å². The SMILES string of the molecule is [O-2].[O-2].[O-2].[O-2].[O-2].[Sc+3].[Y+3].[Zr+4]. The van der Waals surface area contributed by atoms with Gasteiger partial charge in [0.25, 0.3) is 0 Å². The summed E-state index contributed by atoms with van der Waals surface area (Å²) in [7, 11) is 0. The minimum Gasteiger partial charge on any atom is -2.00 e. The molecule has 0 aromatic heterocycles. The summed E-state index contributed by atoms with van der Waals surface area (Å²) in [5.41, 5.74) is 0. The van der Waals surface area contributed by atoms with Crippen molar-refractivity contribution in [2.75, 3.05) is 0 Å². The third-order valence-corrected chi connectivity index (χ3v) is 0. The van der Waals surface area contributed by atoms with Gasteiger partial charge in [0.05, 0.1) is 0 Å². The average molecular weight is 305 g/mol. The molecule has 0 bridgehead atoms. The second-order valence-electron chi connectivity index (χ2n) is 0. The van der Waals surface area contributed by atoms with Gasteiger partial charge in [-0.2, -0.15) is 0 Å². The van der Waals surface area contributed by atoms with Crippen molar-refractivity contribution in [2.24, 2.45) is 0 Å². The van der Waals surface area contributed by atoms with E-state index in [0.717, 1.165) is 0 Å². The van der Waals surface area contributed by atoms with Crippen LogP contribution in [0.25, 0.3) is 0 Å². The quantitative estimate of drug-likeness (QED) is 0.563. The smallest absolute Gasteiger partial charge is 2.00 e. The molecule has 0 atom stereocenters. The van der Waals surface area contributed by atoms with Crippen molar-refractivity contribution in [3.63, 3.8) is 0 Å². The van der Waals surface area contributed by atoms with Gasteiger partial charge in [-0.05, 0) is 0 Å². The summed E-state index contributed by atoms with van der Waals surface area (Å²) >= 11 is 0. The number of hydrogen-bond donors (Lipinski definition) is 0. The summed E-state index contributed by atoms with van der Waals surface area (Å²) in [5.74, 6) is 0. The van der Waals surface area contributed by atoms with Gasteiger partial charge in [-0.15, -0.1) is 0 Å². The minimum absolute atomic E-state index is 0. The van der Waals surface area contributed by atoms with E-state index >= 15 is 0 Å². The van der Waals surface area contributed by atoms with Gasteiger partial charge < -0.3 is 27.4 Å². The monoisotopic (exact) mass is 304 g/mol. The normalized spacial score (nSPS) is 0. The van der Waals surface area contributed by atoms with Crippen LogP contribution in [0.5, 0.6) is 0 Å². The second-order valence-corrected chi connectivity index (χ2v) is 0. The van der Waals surface area contributed by atoms with Gasteiger partial charge in [0.15, 0.2) is 0 Å². The fraction of sp³-hybridized carbons (Fsp3) is 0. The zero-order valence-electron chi connectivity index (χ0n) is 3.70. The van der Waals surface area contributed by atoms with E-state index in [1.165, 1.54) is 0 Å². The zero-order chi connectivity index (χ0) is 0. The van der Waals surface area contributed by atoms with Crippen molar-refractivity contribution in [1.29, 1.82) is 0 Å². The first-order valence-corrected chi connectivity index (χ1v) is 0. The average Bonchev–Trinajstić information content (AvgIpc) is 0. The van der Waals surface area contributed by atoms with Crippen molar-refractivity contribution >= 4 is 0 Å². The predicted molar refractivity (Wildman–Crippen MR) is 3.43 cm³/mol. The maximum atomic E-state index is 0. The molecule has 40 valence electrons. The van der Waals surface area contributed by atoms with Crippen molar-refractivity contribution in [1.82, 2.24) is 0 Å². The molecule has 0 fully saturated rings. The predicted octanol–water partition coefficient (Wildman–Crippen LogP) is -0.601. The summed E-state index contributed by atoms with van der Waals surface area (Å²) in [6.07, 6.45) is 0. The molecule has 0 aliphatic carbocycles. The molecule has 0 radical (unpaired) electrons. The Bertz CT molecular complexity index is 12.4. The molecule has 5 nitrogen and oxygen atoms in total.